The highest BCUT2D eigenvalue weighted by Crippen LogP contribution is 2.26. The van der Waals surface area contributed by atoms with Crippen molar-refractivity contribution >= 4 is 23.4 Å². The highest BCUT2D eigenvalue weighted by Gasteiger charge is 2.39. The molecule has 0 radical (unpaired) electrons. The normalized spacial score (nSPS) is 29.6. The van der Waals surface area contributed by atoms with Gasteiger partial charge in [0.1, 0.15) is 11.9 Å². The smallest absolute Gasteiger partial charge is 0.255 e. The standard InChI is InChI=1S/C27H32ClN3O5/c28-18-5-3-4-17(12-18)15-31-16-19-13-22(31)27(34)29-14-25-23(32)9-8-20(36-25)10-11-35-24-7-2-1-6-21(24)26(33)30-19/h1-7,12,19-20,22-23,25,32H,8-11,13-16H2,(H,29,34)(H,30,33)/t19-,20-,22-,23-,25+/m0/s1. The molecule has 36 heavy (non-hydrogen) atoms. The minimum Gasteiger partial charge on any atom is -0.493 e. The van der Waals surface area contributed by atoms with E-state index >= 15 is 0 Å². The second-order valence-corrected chi connectivity index (χ2v) is 10.2. The summed E-state index contributed by atoms with van der Waals surface area (Å²) in [6.07, 6.45) is 1.25. The SMILES string of the molecule is O=C1N[C@H]2C[C@@H](C(=O)NC[C@H]3O[C@H](CCOc4ccccc41)CC[C@@H]3O)N(Cc1cccc(Cl)c1)C2. The van der Waals surface area contributed by atoms with Crippen molar-refractivity contribution in [1.82, 2.24) is 15.5 Å². The van der Waals surface area contributed by atoms with E-state index in [1.54, 1.807) is 12.1 Å². The zero-order valence-electron chi connectivity index (χ0n) is 20.1. The van der Waals surface area contributed by atoms with Gasteiger partial charge >= 0.3 is 0 Å². The number of carbonyl (C=O) groups is 2. The molecule has 2 saturated heterocycles. The van der Waals surface area contributed by atoms with Gasteiger partial charge in [-0.2, -0.15) is 0 Å². The van der Waals surface area contributed by atoms with Crippen LogP contribution in [0, 0.1) is 0 Å². The molecule has 2 aromatic rings. The van der Waals surface area contributed by atoms with E-state index in [0.717, 1.165) is 12.0 Å². The quantitative estimate of drug-likeness (QED) is 0.570. The van der Waals surface area contributed by atoms with Gasteiger partial charge in [-0.1, -0.05) is 35.9 Å². The van der Waals surface area contributed by atoms with E-state index in [-0.39, 0.29) is 30.5 Å². The van der Waals surface area contributed by atoms with Crippen molar-refractivity contribution in [2.24, 2.45) is 0 Å². The molecular formula is C27H32ClN3O5. The van der Waals surface area contributed by atoms with Crippen molar-refractivity contribution in [3.63, 3.8) is 0 Å². The lowest BCUT2D eigenvalue weighted by atomic mass is 9.99. The largest absolute Gasteiger partial charge is 0.493 e. The topological polar surface area (TPSA) is 100 Å². The van der Waals surface area contributed by atoms with Gasteiger partial charge in [-0.15, -0.1) is 0 Å². The summed E-state index contributed by atoms with van der Waals surface area (Å²) in [5, 5.41) is 17.2. The lowest BCUT2D eigenvalue weighted by molar-refractivity contribution is -0.133. The van der Waals surface area contributed by atoms with Crippen molar-refractivity contribution in [1.29, 1.82) is 0 Å². The van der Waals surface area contributed by atoms with Crippen LogP contribution in [0.4, 0.5) is 0 Å². The maximum atomic E-state index is 13.3. The van der Waals surface area contributed by atoms with Gasteiger partial charge < -0.3 is 25.2 Å². The lowest BCUT2D eigenvalue weighted by Gasteiger charge is -2.34. The molecule has 2 fully saturated rings. The highest BCUT2D eigenvalue weighted by atomic mass is 35.5. The maximum absolute atomic E-state index is 13.3. The Hall–Kier alpha value is -2.65. The average Bonchev–Trinajstić information content (AvgIpc) is 3.25. The molecule has 2 aromatic carbocycles. The van der Waals surface area contributed by atoms with Crippen molar-refractivity contribution in [2.75, 3.05) is 19.7 Å². The summed E-state index contributed by atoms with van der Waals surface area (Å²) in [7, 11) is 0. The molecule has 0 spiro atoms. The summed E-state index contributed by atoms with van der Waals surface area (Å²) in [6, 6.07) is 14.1. The van der Waals surface area contributed by atoms with Crippen molar-refractivity contribution in [3.8, 4) is 5.75 Å². The fraction of sp³-hybridized carbons (Fsp3) is 0.481. The van der Waals surface area contributed by atoms with E-state index in [4.69, 9.17) is 21.1 Å². The number of aliphatic hydroxyl groups excluding tert-OH is 1. The van der Waals surface area contributed by atoms with E-state index in [1.807, 2.05) is 36.4 Å². The molecule has 3 heterocycles. The van der Waals surface area contributed by atoms with E-state index in [9.17, 15) is 14.7 Å². The van der Waals surface area contributed by atoms with Crippen molar-refractivity contribution in [3.05, 3.63) is 64.7 Å². The first-order valence-corrected chi connectivity index (χ1v) is 13.0. The van der Waals surface area contributed by atoms with Gasteiger partial charge in [-0.3, -0.25) is 14.5 Å². The molecule has 0 aromatic heterocycles. The van der Waals surface area contributed by atoms with E-state index in [2.05, 4.69) is 15.5 Å². The molecule has 3 aliphatic heterocycles. The molecule has 2 amide bonds. The number of amides is 2. The number of likely N-dealkylation sites (tertiary alicyclic amines) is 1. The number of aliphatic hydroxyl groups is 1. The van der Waals surface area contributed by atoms with Crippen molar-refractivity contribution in [2.45, 2.75) is 62.6 Å². The molecule has 3 N–H and O–H groups in total. The predicted octanol–water partition coefficient (Wildman–Crippen LogP) is 2.52. The molecule has 0 unspecified atom stereocenters. The molecule has 5 rings (SSSR count). The Labute approximate surface area is 215 Å². The molecular weight excluding hydrogens is 482 g/mol. The first kappa shape index (κ1) is 25.0. The lowest BCUT2D eigenvalue weighted by Crippen LogP contribution is -2.50. The molecule has 8 nitrogen and oxygen atoms in total. The number of ether oxygens (including phenoxy) is 2. The average molecular weight is 514 g/mol. The van der Waals surface area contributed by atoms with Crippen LogP contribution in [0.15, 0.2) is 48.5 Å². The first-order valence-electron chi connectivity index (χ1n) is 12.6. The van der Waals surface area contributed by atoms with Gasteiger partial charge in [-0.05, 0) is 49.1 Å². The second-order valence-electron chi connectivity index (χ2n) is 9.80. The molecule has 192 valence electrons. The van der Waals surface area contributed by atoms with Gasteiger partial charge in [-0.25, -0.2) is 0 Å². The van der Waals surface area contributed by atoms with Gasteiger partial charge in [0.2, 0.25) is 5.91 Å². The van der Waals surface area contributed by atoms with Crippen LogP contribution in [0.5, 0.6) is 5.75 Å². The highest BCUT2D eigenvalue weighted by molar-refractivity contribution is 6.30. The third-order valence-electron chi connectivity index (χ3n) is 7.20. The third kappa shape index (κ3) is 5.83. The molecule has 9 heteroatoms. The molecule has 0 aliphatic carbocycles. The Morgan fingerprint density at radius 1 is 1.08 bits per heavy atom. The number of nitrogens with one attached hydrogen (secondary N) is 2. The Kier molecular flexibility index (Phi) is 7.76. The van der Waals surface area contributed by atoms with E-state index < -0.39 is 18.2 Å². The Bertz CT molecular complexity index is 1100. The molecule has 3 aliphatic rings. The summed E-state index contributed by atoms with van der Waals surface area (Å²) >= 11 is 6.19. The van der Waals surface area contributed by atoms with Gasteiger partial charge in [0.05, 0.1) is 30.4 Å². The van der Waals surface area contributed by atoms with Crippen LogP contribution in [0.2, 0.25) is 5.02 Å². The van der Waals surface area contributed by atoms with Crippen LogP contribution in [0.3, 0.4) is 0 Å². The van der Waals surface area contributed by atoms with Crippen LogP contribution in [-0.4, -0.2) is 71.9 Å². The number of fused-ring (bicyclic) bond motifs is 5. The van der Waals surface area contributed by atoms with E-state index in [1.165, 1.54) is 0 Å². The number of rotatable bonds is 2. The van der Waals surface area contributed by atoms with Crippen LogP contribution >= 0.6 is 11.6 Å². The minimum absolute atomic E-state index is 0.0839. The summed E-state index contributed by atoms with van der Waals surface area (Å²) in [5.74, 6) is 0.170. The zero-order chi connectivity index (χ0) is 25.1. The fourth-order valence-electron chi connectivity index (χ4n) is 5.33. The number of nitrogens with zero attached hydrogens (tertiary/aromatic N) is 1. The van der Waals surface area contributed by atoms with Gasteiger partial charge in [0.25, 0.3) is 5.91 Å². The number of benzene rings is 2. The summed E-state index contributed by atoms with van der Waals surface area (Å²) in [4.78, 5) is 28.6. The second kappa shape index (κ2) is 11.2. The number of halogens is 1. The number of hydrogen-bond donors (Lipinski definition) is 3. The van der Waals surface area contributed by atoms with Crippen LogP contribution in [-0.2, 0) is 16.1 Å². The third-order valence-corrected chi connectivity index (χ3v) is 7.44. The van der Waals surface area contributed by atoms with Crippen LogP contribution < -0.4 is 15.4 Å². The summed E-state index contributed by atoms with van der Waals surface area (Å²) in [6.45, 7) is 1.67. The Balaban J connectivity index is 1.40. The Morgan fingerprint density at radius 2 is 1.94 bits per heavy atom. The predicted molar refractivity (Wildman–Crippen MR) is 135 cm³/mol. The number of hydrogen-bond acceptors (Lipinski definition) is 6. The molecule has 0 saturated carbocycles. The van der Waals surface area contributed by atoms with E-state index in [0.29, 0.717) is 55.3 Å². The zero-order valence-corrected chi connectivity index (χ0v) is 20.8. The van der Waals surface area contributed by atoms with Crippen molar-refractivity contribution < 1.29 is 24.2 Å². The Morgan fingerprint density at radius 3 is 2.81 bits per heavy atom. The number of para-hydroxylation sites is 1. The molecule has 4 bridgehead atoms. The summed E-state index contributed by atoms with van der Waals surface area (Å²) < 4.78 is 12.1. The van der Waals surface area contributed by atoms with Gasteiger partial charge in [0, 0.05) is 37.1 Å². The fourth-order valence-corrected chi connectivity index (χ4v) is 5.55. The first-order chi connectivity index (χ1) is 17.5. The maximum Gasteiger partial charge on any atom is 0.255 e. The van der Waals surface area contributed by atoms with Gasteiger partial charge in [0.15, 0.2) is 0 Å². The molecule has 5 atom stereocenters. The summed E-state index contributed by atoms with van der Waals surface area (Å²) in [5.41, 5.74) is 1.46. The van der Waals surface area contributed by atoms with Crippen LogP contribution in [0.1, 0.15) is 41.6 Å². The number of carbonyl (C=O) groups excluding carboxylic acids is 2. The minimum atomic E-state index is -0.625. The van der Waals surface area contributed by atoms with Crippen LogP contribution in [0.25, 0.3) is 0 Å². The monoisotopic (exact) mass is 513 g/mol.